The highest BCUT2D eigenvalue weighted by atomic mass is 19.1. The predicted octanol–water partition coefficient (Wildman–Crippen LogP) is 1.95. The van der Waals surface area contributed by atoms with Crippen LogP contribution in [0.5, 0.6) is 0 Å². The van der Waals surface area contributed by atoms with Crippen LogP contribution >= 0.6 is 0 Å². The number of piperidine rings is 1. The molecule has 2 saturated heterocycles. The summed E-state index contributed by atoms with van der Waals surface area (Å²) in [4.78, 5) is 25.6. The van der Waals surface area contributed by atoms with Gasteiger partial charge in [-0.3, -0.25) is 4.79 Å². The number of carbonyl (C=O) groups excluding carboxylic acids is 2. The first-order valence-electron chi connectivity index (χ1n) is 8.76. The number of carbonyl (C=O) groups is 2. The van der Waals surface area contributed by atoms with Crippen LogP contribution in [-0.4, -0.2) is 42.6 Å². The minimum Gasteiger partial charge on any atom is -0.376 e. The lowest BCUT2D eigenvalue weighted by molar-refractivity contribution is -0.128. The highest BCUT2D eigenvalue weighted by Crippen LogP contribution is 2.28. The molecule has 1 aromatic rings. The fourth-order valence-corrected chi connectivity index (χ4v) is 3.59. The zero-order valence-electron chi connectivity index (χ0n) is 14.1. The fraction of sp³-hybridized carbons (Fsp3) is 0.556. The molecule has 3 amide bonds. The first-order chi connectivity index (χ1) is 12.0. The number of halogens is 1. The quantitative estimate of drug-likeness (QED) is 0.871. The van der Waals surface area contributed by atoms with Crippen LogP contribution in [0.25, 0.3) is 0 Å². The van der Waals surface area contributed by atoms with E-state index in [0.29, 0.717) is 19.7 Å². The van der Waals surface area contributed by atoms with E-state index in [1.54, 1.807) is 12.1 Å². The summed E-state index contributed by atoms with van der Waals surface area (Å²) in [6.45, 7) is 1.59. The van der Waals surface area contributed by atoms with Gasteiger partial charge >= 0.3 is 6.03 Å². The van der Waals surface area contributed by atoms with Crippen molar-refractivity contribution in [3.8, 4) is 0 Å². The molecule has 0 aliphatic carbocycles. The Kier molecular flexibility index (Phi) is 5.53. The summed E-state index contributed by atoms with van der Waals surface area (Å²) in [5.74, 6) is -0.716. The topological polar surface area (TPSA) is 84.7 Å². The minimum atomic E-state index is -0.494. The maximum absolute atomic E-state index is 13.2. The van der Waals surface area contributed by atoms with Crippen molar-refractivity contribution >= 4 is 11.9 Å². The van der Waals surface area contributed by atoms with Gasteiger partial charge in [-0.05, 0) is 43.4 Å². The van der Waals surface area contributed by atoms with Gasteiger partial charge in [0.05, 0.1) is 18.1 Å². The third kappa shape index (κ3) is 4.28. The molecule has 2 aliphatic rings. The number of nitrogens with two attached hydrogens (primary N) is 1. The van der Waals surface area contributed by atoms with Gasteiger partial charge in [0.2, 0.25) is 5.91 Å². The van der Waals surface area contributed by atoms with Crippen LogP contribution in [0.2, 0.25) is 0 Å². The number of hydrogen-bond donors (Lipinski definition) is 2. The third-order valence-electron chi connectivity index (χ3n) is 4.97. The molecule has 3 atom stereocenters. The first kappa shape index (κ1) is 17.7. The largest absolute Gasteiger partial charge is 0.376 e. The van der Waals surface area contributed by atoms with E-state index >= 15 is 0 Å². The van der Waals surface area contributed by atoms with Gasteiger partial charge in [0.1, 0.15) is 5.82 Å². The number of benzene rings is 1. The summed E-state index contributed by atoms with van der Waals surface area (Å²) in [6, 6.07) is 5.32. The fourth-order valence-electron chi connectivity index (χ4n) is 3.59. The normalized spacial score (nSPS) is 24.8. The molecule has 25 heavy (non-hydrogen) atoms. The van der Waals surface area contributed by atoms with Gasteiger partial charge in [-0.1, -0.05) is 12.1 Å². The number of likely N-dealkylation sites (tertiary alicyclic amines) is 1. The highest BCUT2D eigenvalue weighted by Gasteiger charge is 2.33. The summed E-state index contributed by atoms with van der Waals surface area (Å²) < 4.78 is 19.0. The monoisotopic (exact) mass is 349 g/mol. The highest BCUT2D eigenvalue weighted by molar-refractivity contribution is 5.81. The molecule has 0 radical (unpaired) electrons. The Morgan fingerprint density at radius 2 is 2.00 bits per heavy atom. The smallest absolute Gasteiger partial charge is 0.314 e. The average Bonchev–Trinajstić information content (AvgIpc) is 3.15. The van der Waals surface area contributed by atoms with Crippen LogP contribution in [0, 0.1) is 11.7 Å². The molecule has 7 heteroatoms. The third-order valence-corrected chi connectivity index (χ3v) is 4.97. The van der Waals surface area contributed by atoms with Crippen LogP contribution in [-0.2, 0) is 9.53 Å². The van der Waals surface area contributed by atoms with E-state index in [2.05, 4.69) is 5.32 Å². The molecule has 1 aromatic carbocycles. The van der Waals surface area contributed by atoms with Crippen molar-refractivity contribution in [1.29, 1.82) is 0 Å². The van der Waals surface area contributed by atoms with Crippen molar-refractivity contribution in [2.75, 3.05) is 19.7 Å². The van der Waals surface area contributed by atoms with Gasteiger partial charge in [0.25, 0.3) is 0 Å². The van der Waals surface area contributed by atoms with Gasteiger partial charge in [0, 0.05) is 19.7 Å². The Bertz CT molecular complexity index is 616. The number of urea groups is 1. The molecule has 0 unspecified atom stereocenters. The van der Waals surface area contributed by atoms with Crippen LogP contribution < -0.4 is 11.1 Å². The zero-order chi connectivity index (χ0) is 17.8. The van der Waals surface area contributed by atoms with Crippen molar-refractivity contribution in [2.45, 2.75) is 37.8 Å². The second-order valence-electron chi connectivity index (χ2n) is 6.71. The molecule has 2 heterocycles. The number of primary amides is 1. The maximum Gasteiger partial charge on any atom is 0.314 e. The van der Waals surface area contributed by atoms with Crippen molar-refractivity contribution < 1.29 is 18.7 Å². The zero-order valence-corrected chi connectivity index (χ0v) is 14.1. The van der Waals surface area contributed by atoms with Gasteiger partial charge in [-0.25, -0.2) is 9.18 Å². The SMILES string of the molecule is NC(=O)N1CCC[C@H](C(=O)N[C@H](c2ccc(F)cc2)[C@@H]2CCCO2)C1. The molecular formula is C18H24FN3O3. The molecule has 136 valence electrons. The second-order valence-corrected chi connectivity index (χ2v) is 6.71. The van der Waals surface area contributed by atoms with Crippen molar-refractivity contribution in [2.24, 2.45) is 11.7 Å². The lowest BCUT2D eigenvalue weighted by atomic mass is 9.94. The minimum absolute atomic E-state index is 0.115. The van der Waals surface area contributed by atoms with Gasteiger partial charge in [0.15, 0.2) is 0 Å². The van der Waals surface area contributed by atoms with Crippen molar-refractivity contribution in [1.82, 2.24) is 10.2 Å². The Morgan fingerprint density at radius 1 is 1.24 bits per heavy atom. The molecule has 2 fully saturated rings. The molecule has 0 bridgehead atoms. The first-order valence-corrected chi connectivity index (χ1v) is 8.76. The second kappa shape index (κ2) is 7.82. The summed E-state index contributed by atoms with van der Waals surface area (Å²) >= 11 is 0. The molecular weight excluding hydrogens is 325 g/mol. The summed E-state index contributed by atoms with van der Waals surface area (Å²) in [5, 5.41) is 3.06. The average molecular weight is 349 g/mol. The maximum atomic E-state index is 13.2. The Morgan fingerprint density at radius 3 is 2.64 bits per heavy atom. The summed E-state index contributed by atoms with van der Waals surface area (Å²) in [7, 11) is 0. The van der Waals surface area contributed by atoms with Crippen LogP contribution in [0.1, 0.15) is 37.3 Å². The molecule has 3 N–H and O–H groups in total. The lowest BCUT2D eigenvalue weighted by Crippen LogP contribution is -2.48. The lowest BCUT2D eigenvalue weighted by Gasteiger charge is -2.33. The number of amides is 3. The van der Waals surface area contributed by atoms with Gasteiger partial charge < -0.3 is 20.7 Å². The van der Waals surface area contributed by atoms with Gasteiger partial charge in [-0.2, -0.15) is 0 Å². The van der Waals surface area contributed by atoms with E-state index in [9.17, 15) is 14.0 Å². The number of nitrogens with zero attached hydrogens (tertiary/aromatic N) is 1. The van der Waals surface area contributed by atoms with E-state index < -0.39 is 6.03 Å². The molecule has 0 aromatic heterocycles. The van der Waals surface area contributed by atoms with Crippen molar-refractivity contribution in [3.05, 3.63) is 35.6 Å². The number of hydrogen-bond acceptors (Lipinski definition) is 3. The Hall–Kier alpha value is -2.15. The van der Waals surface area contributed by atoms with E-state index in [4.69, 9.17) is 10.5 Å². The number of rotatable bonds is 4. The van der Waals surface area contributed by atoms with Crippen LogP contribution in [0.4, 0.5) is 9.18 Å². The standard InChI is InChI=1S/C18H24FN3O3/c19-14-7-5-12(6-8-14)16(15-4-2-10-25-15)21-17(23)13-3-1-9-22(11-13)18(20)24/h5-8,13,15-16H,1-4,9-11H2,(H2,20,24)(H,21,23)/t13-,15-,16+/m0/s1. The molecule has 3 rings (SSSR count). The molecule has 0 spiro atoms. The van der Waals surface area contributed by atoms with Gasteiger partial charge in [-0.15, -0.1) is 0 Å². The number of nitrogens with one attached hydrogen (secondary N) is 1. The Labute approximate surface area is 146 Å². The van der Waals surface area contributed by atoms with Crippen LogP contribution in [0.15, 0.2) is 24.3 Å². The molecule has 2 aliphatic heterocycles. The van der Waals surface area contributed by atoms with E-state index in [1.807, 2.05) is 0 Å². The van der Waals surface area contributed by atoms with E-state index in [-0.39, 0.29) is 29.8 Å². The summed E-state index contributed by atoms with van der Waals surface area (Å²) in [5.41, 5.74) is 6.16. The van der Waals surface area contributed by atoms with E-state index in [1.165, 1.54) is 17.0 Å². The Balaban J connectivity index is 1.72. The number of ether oxygens (including phenoxy) is 1. The predicted molar refractivity (Wildman–Crippen MR) is 90.1 cm³/mol. The summed E-state index contributed by atoms with van der Waals surface area (Å²) in [6.07, 6.45) is 3.14. The molecule has 6 nitrogen and oxygen atoms in total. The van der Waals surface area contributed by atoms with Crippen LogP contribution in [0.3, 0.4) is 0 Å². The van der Waals surface area contributed by atoms with Crippen molar-refractivity contribution in [3.63, 3.8) is 0 Å². The van der Waals surface area contributed by atoms with E-state index in [0.717, 1.165) is 31.2 Å². The molecule has 0 saturated carbocycles.